The Balaban J connectivity index is 1.57. The molecule has 0 saturated heterocycles. The number of carbonyl (C=O) groups is 1. The molecule has 1 aromatic heterocycles. The second-order valence-electron chi connectivity index (χ2n) is 7.41. The predicted molar refractivity (Wildman–Crippen MR) is 122 cm³/mol. The number of terminal acetylenes is 1. The molecule has 0 bridgehead atoms. The van der Waals surface area contributed by atoms with Crippen molar-refractivity contribution in [2.45, 2.75) is 19.1 Å². The lowest BCUT2D eigenvalue weighted by atomic mass is 10.0. The summed E-state index contributed by atoms with van der Waals surface area (Å²) in [6, 6.07) is 16.0. The van der Waals surface area contributed by atoms with Crippen LogP contribution in [0, 0.1) is 18.2 Å². The van der Waals surface area contributed by atoms with Gasteiger partial charge in [-0.3, -0.25) is 10.2 Å². The van der Waals surface area contributed by atoms with Gasteiger partial charge in [-0.25, -0.2) is 14.1 Å². The molecule has 0 atom stereocenters. The van der Waals surface area contributed by atoms with Crippen LogP contribution in [-0.2, 0) is 17.5 Å². The summed E-state index contributed by atoms with van der Waals surface area (Å²) in [5.41, 5.74) is 3.92. The van der Waals surface area contributed by atoms with Crippen LogP contribution in [0.3, 0.4) is 0 Å². The maximum absolute atomic E-state index is 14.8. The van der Waals surface area contributed by atoms with Crippen molar-refractivity contribution in [2.24, 2.45) is 0 Å². The van der Waals surface area contributed by atoms with Crippen LogP contribution in [0.25, 0.3) is 22.2 Å². The van der Waals surface area contributed by atoms with Crippen molar-refractivity contribution < 1.29 is 22.4 Å². The number of nitrogens with one attached hydrogen (secondary N) is 2. The minimum absolute atomic E-state index is 0.0169. The Hall–Kier alpha value is -4.32. The van der Waals surface area contributed by atoms with E-state index in [4.69, 9.17) is 6.42 Å². The third-order valence-corrected chi connectivity index (χ3v) is 5.07. The number of imidazole rings is 1. The molecule has 0 aliphatic heterocycles. The van der Waals surface area contributed by atoms with Gasteiger partial charge in [0.1, 0.15) is 5.82 Å². The van der Waals surface area contributed by atoms with Crippen LogP contribution in [0.2, 0.25) is 0 Å². The Morgan fingerprint density at radius 3 is 2.53 bits per heavy atom. The molecular formula is C25H18F4N4O. The van der Waals surface area contributed by atoms with Crippen LogP contribution in [-0.4, -0.2) is 15.6 Å². The Labute approximate surface area is 192 Å². The predicted octanol–water partition coefficient (Wildman–Crippen LogP) is 5.57. The SMILES string of the molecule is C#CCC(=O)Nn1c(NCc2ccc(-c3cccc(C(F)(F)F)c3)cc2F)nc2ccccc21. The number of aromatic nitrogens is 2. The summed E-state index contributed by atoms with van der Waals surface area (Å²) in [7, 11) is 0. The molecule has 0 aliphatic rings. The molecule has 0 radical (unpaired) electrons. The van der Waals surface area contributed by atoms with Crippen LogP contribution < -0.4 is 10.7 Å². The van der Waals surface area contributed by atoms with Gasteiger partial charge in [0.15, 0.2) is 0 Å². The molecular weight excluding hydrogens is 448 g/mol. The zero-order valence-electron chi connectivity index (χ0n) is 17.7. The van der Waals surface area contributed by atoms with E-state index in [2.05, 4.69) is 21.6 Å². The van der Waals surface area contributed by atoms with Gasteiger partial charge in [-0.15, -0.1) is 6.42 Å². The standard InChI is InChI=1S/C25H18F4N4O/c1-2-6-23(34)32-33-22-10-4-3-9-21(22)31-24(33)30-15-18-12-11-17(14-20(18)26)16-7-5-8-19(13-16)25(27,28)29/h1,3-5,7-14H,6,15H2,(H,30,31)(H,32,34). The maximum atomic E-state index is 14.8. The fourth-order valence-electron chi connectivity index (χ4n) is 3.43. The first-order valence-electron chi connectivity index (χ1n) is 10.2. The smallest absolute Gasteiger partial charge is 0.350 e. The highest BCUT2D eigenvalue weighted by Crippen LogP contribution is 2.32. The molecule has 5 nitrogen and oxygen atoms in total. The lowest BCUT2D eigenvalue weighted by Gasteiger charge is -2.13. The van der Waals surface area contributed by atoms with Gasteiger partial charge in [0.2, 0.25) is 5.95 Å². The molecule has 4 aromatic rings. The second-order valence-corrected chi connectivity index (χ2v) is 7.41. The summed E-state index contributed by atoms with van der Waals surface area (Å²) < 4.78 is 55.2. The van der Waals surface area contributed by atoms with Crippen molar-refractivity contribution in [2.75, 3.05) is 10.7 Å². The fourth-order valence-corrected chi connectivity index (χ4v) is 3.43. The van der Waals surface area contributed by atoms with E-state index in [0.29, 0.717) is 16.6 Å². The molecule has 1 amide bonds. The van der Waals surface area contributed by atoms with Crippen molar-refractivity contribution in [3.63, 3.8) is 0 Å². The van der Waals surface area contributed by atoms with Crippen molar-refractivity contribution >= 4 is 22.9 Å². The number of hydrogen-bond acceptors (Lipinski definition) is 3. The Morgan fingerprint density at radius 2 is 1.79 bits per heavy atom. The summed E-state index contributed by atoms with van der Waals surface area (Å²) >= 11 is 0. The minimum atomic E-state index is -4.49. The highest BCUT2D eigenvalue weighted by atomic mass is 19.4. The summed E-state index contributed by atoms with van der Waals surface area (Å²) in [5.74, 6) is 1.53. The van der Waals surface area contributed by atoms with Crippen LogP contribution in [0.5, 0.6) is 0 Å². The summed E-state index contributed by atoms with van der Waals surface area (Å²) in [6.07, 6.45) is 0.581. The number of anilines is 1. The van der Waals surface area contributed by atoms with Gasteiger partial charge in [-0.1, -0.05) is 42.3 Å². The van der Waals surface area contributed by atoms with Crippen LogP contribution in [0.1, 0.15) is 17.5 Å². The van der Waals surface area contributed by atoms with Crippen LogP contribution in [0.4, 0.5) is 23.5 Å². The maximum Gasteiger partial charge on any atom is 0.416 e. The van der Waals surface area contributed by atoms with Gasteiger partial charge in [-0.05, 0) is 41.5 Å². The van der Waals surface area contributed by atoms with Crippen LogP contribution >= 0.6 is 0 Å². The number of rotatable bonds is 6. The molecule has 2 N–H and O–H groups in total. The zero-order valence-corrected chi connectivity index (χ0v) is 17.7. The molecule has 172 valence electrons. The third kappa shape index (κ3) is 4.86. The summed E-state index contributed by atoms with van der Waals surface area (Å²) in [4.78, 5) is 16.5. The van der Waals surface area contributed by atoms with Gasteiger partial charge in [-0.2, -0.15) is 13.2 Å². The molecule has 0 aliphatic carbocycles. The number of carbonyl (C=O) groups excluding carboxylic acids is 1. The van der Waals surface area contributed by atoms with Gasteiger partial charge in [0.05, 0.1) is 23.0 Å². The summed E-state index contributed by atoms with van der Waals surface area (Å²) in [6.45, 7) is 0.0169. The van der Waals surface area contributed by atoms with Crippen molar-refractivity contribution in [3.8, 4) is 23.5 Å². The zero-order chi connectivity index (χ0) is 24.3. The number of fused-ring (bicyclic) bond motifs is 1. The van der Waals surface area contributed by atoms with E-state index in [1.807, 2.05) is 0 Å². The van der Waals surface area contributed by atoms with Gasteiger partial charge in [0.25, 0.3) is 5.91 Å². The van der Waals surface area contributed by atoms with E-state index in [1.54, 1.807) is 30.3 Å². The molecule has 34 heavy (non-hydrogen) atoms. The number of benzene rings is 3. The molecule has 3 aromatic carbocycles. The quantitative estimate of drug-likeness (QED) is 0.289. The molecule has 0 fully saturated rings. The monoisotopic (exact) mass is 466 g/mol. The topological polar surface area (TPSA) is 59.0 Å². The number of amides is 1. The van der Waals surface area contributed by atoms with E-state index >= 15 is 0 Å². The highest BCUT2D eigenvalue weighted by molar-refractivity contribution is 5.89. The normalized spacial score (nSPS) is 11.3. The van der Waals surface area contributed by atoms with E-state index in [9.17, 15) is 22.4 Å². The molecule has 0 spiro atoms. The third-order valence-electron chi connectivity index (χ3n) is 5.07. The first-order chi connectivity index (χ1) is 16.3. The largest absolute Gasteiger partial charge is 0.416 e. The Morgan fingerprint density at radius 1 is 1.03 bits per heavy atom. The Bertz CT molecular complexity index is 1400. The van der Waals surface area contributed by atoms with E-state index in [1.165, 1.54) is 28.9 Å². The first kappa shape index (κ1) is 22.9. The van der Waals surface area contributed by atoms with Gasteiger partial charge in [0, 0.05) is 12.1 Å². The Kier molecular flexibility index (Phi) is 6.23. The van der Waals surface area contributed by atoms with Crippen LogP contribution in [0.15, 0.2) is 66.7 Å². The molecule has 9 heteroatoms. The van der Waals surface area contributed by atoms with Crippen molar-refractivity contribution in [1.29, 1.82) is 0 Å². The lowest BCUT2D eigenvalue weighted by molar-refractivity contribution is -0.137. The van der Waals surface area contributed by atoms with E-state index in [-0.39, 0.29) is 30.0 Å². The van der Waals surface area contributed by atoms with E-state index < -0.39 is 23.5 Å². The number of alkyl halides is 3. The van der Waals surface area contributed by atoms with Gasteiger partial charge < -0.3 is 5.32 Å². The average Bonchev–Trinajstić information content (AvgIpc) is 3.15. The van der Waals surface area contributed by atoms with Gasteiger partial charge >= 0.3 is 6.18 Å². The van der Waals surface area contributed by atoms with E-state index in [0.717, 1.165) is 12.1 Å². The average molecular weight is 466 g/mol. The number of hydrogen-bond donors (Lipinski definition) is 2. The fraction of sp³-hybridized carbons (Fsp3) is 0.120. The number of nitrogens with zero attached hydrogens (tertiary/aromatic N) is 2. The highest BCUT2D eigenvalue weighted by Gasteiger charge is 2.30. The molecule has 1 heterocycles. The molecule has 4 rings (SSSR count). The lowest BCUT2D eigenvalue weighted by Crippen LogP contribution is -2.24. The molecule has 0 unspecified atom stereocenters. The number of para-hydroxylation sites is 2. The summed E-state index contributed by atoms with van der Waals surface area (Å²) in [5, 5.41) is 2.99. The molecule has 0 saturated carbocycles. The van der Waals surface area contributed by atoms with Crippen molar-refractivity contribution in [1.82, 2.24) is 9.66 Å². The second kappa shape index (κ2) is 9.27. The number of halogens is 4. The van der Waals surface area contributed by atoms with Crippen molar-refractivity contribution in [3.05, 3.63) is 83.7 Å². The minimum Gasteiger partial charge on any atom is -0.350 e. The first-order valence-corrected chi connectivity index (χ1v) is 10.2.